The summed E-state index contributed by atoms with van der Waals surface area (Å²) in [7, 11) is 2.99. The van der Waals surface area contributed by atoms with Gasteiger partial charge in [0.15, 0.2) is 29.0 Å². The zero-order valence-electron chi connectivity index (χ0n) is 16.2. The number of anilines is 1. The van der Waals surface area contributed by atoms with Gasteiger partial charge in [0.25, 0.3) is 5.56 Å². The second-order valence-corrected chi connectivity index (χ2v) is 6.20. The van der Waals surface area contributed by atoms with Crippen LogP contribution >= 0.6 is 0 Å². The zero-order chi connectivity index (χ0) is 21.7. The van der Waals surface area contributed by atoms with Gasteiger partial charge in [-0.1, -0.05) is 0 Å². The van der Waals surface area contributed by atoms with E-state index in [1.807, 2.05) is 0 Å². The molecule has 0 aliphatic carbocycles. The molecule has 0 bridgehead atoms. The second-order valence-electron chi connectivity index (χ2n) is 6.20. The number of hydrogen-bond donors (Lipinski definition) is 2. The van der Waals surface area contributed by atoms with Crippen LogP contribution in [0.25, 0.3) is 11.4 Å². The molecule has 1 heterocycles. The Kier molecular flexibility index (Phi) is 6.35. The van der Waals surface area contributed by atoms with E-state index in [-0.39, 0.29) is 35.8 Å². The highest BCUT2D eigenvalue weighted by molar-refractivity contribution is 5.91. The quantitative estimate of drug-likeness (QED) is 0.614. The van der Waals surface area contributed by atoms with Crippen molar-refractivity contribution in [1.82, 2.24) is 15.2 Å². The Labute approximate surface area is 169 Å². The highest BCUT2D eigenvalue weighted by Crippen LogP contribution is 2.29. The van der Waals surface area contributed by atoms with Gasteiger partial charge < -0.3 is 19.8 Å². The molecule has 1 aromatic heterocycles. The molecule has 1 amide bonds. The van der Waals surface area contributed by atoms with E-state index in [2.05, 4.69) is 20.5 Å². The van der Waals surface area contributed by atoms with Gasteiger partial charge >= 0.3 is 0 Å². The maximum atomic E-state index is 13.3. The number of methoxy groups -OCH3 is 2. The fourth-order valence-corrected chi connectivity index (χ4v) is 2.67. The summed E-state index contributed by atoms with van der Waals surface area (Å²) < 4.78 is 36.7. The molecule has 2 aromatic carbocycles. The number of amides is 1. The Balaban J connectivity index is 1.65. The van der Waals surface area contributed by atoms with Crippen LogP contribution in [0.3, 0.4) is 0 Å². The SMILES string of the molecule is COc1ccc(NC(=O)CCc2nnc(-c3ccc(F)c(F)c3)[nH]c2=O)cc1OC. The fraction of sp³-hybridized carbons (Fsp3) is 0.200. The van der Waals surface area contributed by atoms with Crippen LogP contribution in [0.4, 0.5) is 14.5 Å². The summed E-state index contributed by atoms with van der Waals surface area (Å²) in [5.41, 5.74) is 0.162. The minimum absolute atomic E-state index is 0.00238. The van der Waals surface area contributed by atoms with Crippen LogP contribution in [0.1, 0.15) is 12.1 Å². The van der Waals surface area contributed by atoms with Crippen molar-refractivity contribution in [1.29, 1.82) is 0 Å². The van der Waals surface area contributed by atoms with Crippen molar-refractivity contribution in [3.05, 3.63) is 64.1 Å². The van der Waals surface area contributed by atoms with Gasteiger partial charge in [0.1, 0.15) is 5.69 Å². The topological polar surface area (TPSA) is 106 Å². The first-order valence-corrected chi connectivity index (χ1v) is 8.84. The first-order chi connectivity index (χ1) is 14.4. The third kappa shape index (κ3) is 4.77. The van der Waals surface area contributed by atoms with E-state index in [1.54, 1.807) is 18.2 Å². The van der Waals surface area contributed by atoms with Gasteiger partial charge in [0.2, 0.25) is 5.91 Å². The Morgan fingerprint density at radius 3 is 2.47 bits per heavy atom. The van der Waals surface area contributed by atoms with Gasteiger partial charge in [-0.3, -0.25) is 9.59 Å². The average Bonchev–Trinajstić information content (AvgIpc) is 2.74. The summed E-state index contributed by atoms with van der Waals surface area (Å²) in [5.74, 6) is -1.42. The first kappa shape index (κ1) is 20.9. The molecule has 0 unspecified atom stereocenters. The molecular formula is C20H18F2N4O4. The van der Waals surface area contributed by atoms with Crippen molar-refractivity contribution in [2.24, 2.45) is 0 Å². The molecule has 0 saturated heterocycles. The number of aromatic nitrogens is 3. The van der Waals surface area contributed by atoms with Gasteiger partial charge in [0, 0.05) is 30.2 Å². The van der Waals surface area contributed by atoms with Crippen molar-refractivity contribution in [2.45, 2.75) is 12.8 Å². The summed E-state index contributed by atoms with van der Waals surface area (Å²) in [5, 5.41) is 10.3. The lowest BCUT2D eigenvalue weighted by Crippen LogP contribution is -2.20. The number of nitrogens with zero attached hydrogens (tertiary/aromatic N) is 2. The Morgan fingerprint density at radius 1 is 1.03 bits per heavy atom. The van der Waals surface area contributed by atoms with Crippen molar-refractivity contribution >= 4 is 11.6 Å². The number of halogens is 2. The summed E-state index contributed by atoms with van der Waals surface area (Å²) >= 11 is 0. The number of H-pyrrole nitrogens is 1. The summed E-state index contributed by atoms with van der Waals surface area (Å²) in [4.78, 5) is 26.8. The Bertz CT molecular complexity index is 1130. The number of hydrogen-bond acceptors (Lipinski definition) is 6. The lowest BCUT2D eigenvalue weighted by Gasteiger charge is -2.10. The fourth-order valence-electron chi connectivity index (χ4n) is 2.67. The number of aryl methyl sites for hydroxylation is 1. The molecule has 2 N–H and O–H groups in total. The van der Waals surface area contributed by atoms with Crippen molar-refractivity contribution in [3.63, 3.8) is 0 Å². The Hall–Kier alpha value is -3.82. The van der Waals surface area contributed by atoms with Crippen LogP contribution in [0.2, 0.25) is 0 Å². The number of carbonyl (C=O) groups excluding carboxylic acids is 1. The Morgan fingerprint density at radius 2 is 1.80 bits per heavy atom. The van der Waals surface area contributed by atoms with E-state index >= 15 is 0 Å². The number of benzene rings is 2. The molecule has 0 radical (unpaired) electrons. The van der Waals surface area contributed by atoms with Crippen LogP contribution in [-0.4, -0.2) is 35.3 Å². The van der Waals surface area contributed by atoms with Crippen LogP contribution in [0.15, 0.2) is 41.2 Å². The molecule has 8 nitrogen and oxygen atoms in total. The number of nitrogens with one attached hydrogen (secondary N) is 2. The van der Waals surface area contributed by atoms with Crippen molar-refractivity contribution in [3.8, 4) is 22.9 Å². The smallest absolute Gasteiger partial charge is 0.273 e. The number of aromatic amines is 1. The molecule has 0 fully saturated rings. The monoisotopic (exact) mass is 416 g/mol. The van der Waals surface area contributed by atoms with Gasteiger partial charge in [0.05, 0.1) is 14.2 Å². The number of carbonyl (C=O) groups is 1. The molecule has 156 valence electrons. The maximum Gasteiger partial charge on any atom is 0.273 e. The molecule has 3 rings (SSSR count). The highest BCUT2D eigenvalue weighted by Gasteiger charge is 2.12. The maximum absolute atomic E-state index is 13.3. The van der Waals surface area contributed by atoms with E-state index in [0.29, 0.717) is 17.2 Å². The standard InChI is InChI=1S/C20H18F2N4O4/c1-29-16-7-4-12(10-17(16)30-2)23-18(27)8-6-15-20(28)24-19(26-25-15)11-3-5-13(21)14(22)9-11/h3-5,7,9-10H,6,8H2,1-2H3,(H,23,27)(H,24,26,28). The molecule has 0 spiro atoms. The van der Waals surface area contributed by atoms with Crippen LogP contribution in [0, 0.1) is 11.6 Å². The highest BCUT2D eigenvalue weighted by atomic mass is 19.2. The molecular weight excluding hydrogens is 398 g/mol. The molecule has 30 heavy (non-hydrogen) atoms. The normalized spacial score (nSPS) is 10.5. The van der Waals surface area contributed by atoms with Crippen molar-refractivity contribution < 1.29 is 23.0 Å². The van der Waals surface area contributed by atoms with Gasteiger partial charge in [-0.2, -0.15) is 0 Å². The first-order valence-electron chi connectivity index (χ1n) is 8.84. The third-order valence-corrected chi connectivity index (χ3v) is 4.21. The predicted octanol–water partition coefficient (Wildman–Crippen LogP) is 2.70. The van der Waals surface area contributed by atoms with E-state index in [0.717, 1.165) is 12.1 Å². The number of ether oxygens (including phenoxy) is 2. The minimum atomic E-state index is -1.06. The van der Waals surface area contributed by atoms with E-state index in [9.17, 15) is 18.4 Å². The zero-order valence-corrected chi connectivity index (χ0v) is 16.2. The van der Waals surface area contributed by atoms with E-state index < -0.39 is 17.2 Å². The summed E-state index contributed by atoms with van der Waals surface area (Å²) in [6.45, 7) is 0. The lowest BCUT2D eigenvalue weighted by molar-refractivity contribution is -0.116. The average molecular weight is 416 g/mol. The molecule has 10 heteroatoms. The second kappa shape index (κ2) is 9.12. The number of rotatable bonds is 7. The summed E-state index contributed by atoms with van der Waals surface area (Å²) in [6.07, 6.45) is 0.0240. The summed E-state index contributed by atoms with van der Waals surface area (Å²) in [6, 6.07) is 8.03. The lowest BCUT2D eigenvalue weighted by atomic mass is 10.2. The van der Waals surface area contributed by atoms with Crippen molar-refractivity contribution in [2.75, 3.05) is 19.5 Å². The van der Waals surface area contributed by atoms with Gasteiger partial charge in [-0.25, -0.2) is 8.78 Å². The predicted molar refractivity (Wildman–Crippen MR) is 105 cm³/mol. The van der Waals surface area contributed by atoms with Crippen LogP contribution in [-0.2, 0) is 11.2 Å². The molecule has 0 aliphatic rings. The minimum Gasteiger partial charge on any atom is -0.493 e. The largest absolute Gasteiger partial charge is 0.493 e. The van der Waals surface area contributed by atoms with E-state index in [4.69, 9.17) is 9.47 Å². The molecule has 0 saturated carbocycles. The molecule has 0 atom stereocenters. The van der Waals surface area contributed by atoms with Crippen LogP contribution in [0.5, 0.6) is 11.5 Å². The third-order valence-electron chi connectivity index (χ3n) is 4.21. The molecule has 0 aliphatic heterocycles. The molecule has 3 aromatic rings. The van der Waals surface area contributed by atoms with Gasteiger partial charge in [-0.15, -0.1) is 10.2 Å². The van der Waals surface area contributed by atoms with E-state index in [1.165, 1.54) is 20.3 Å². The van der Waals surface area contributed by atoms with Crippen LogP contribution < -0.4 is 20.3 Å². The van der Waals surface area contributed by atoms with Gasteiger partial charge in [-0.05, 0) is 30.3 Å².